The molecular weight excluding hydrogens is 210 g/mol. The van der Waals surface area contributed by atoms with Crippen molar-refractivity contribution < 1.29 is 4.42 Å². The first-order chi connectivity index (χ1) is 7.33. The van der Waals surface area contributed by atoms with Crippen molar-refractivity contribution in [2.24, 2.45) is 0 Å². The minimum Gasteiger partial charge on any atom is -0.453 e. The molecule has 0 aliphatic heterocycles. The Labute approximate surface area is 89.5 Å². The van der Waals surface area contributed by atoms with Crippen LogP contribution in [0.4, 0.5) is 5.13 Å². The zero-order valence-electron chi connectivity index (χ0n) is 7.68. The summed E-state index contributed by atoms with van der Waals surface area (Å²) in [6.07, 6.45) is 0. The lowest BCUT2D eigenvalue weighted by molar-refractivity contribution is 0.627. The van der Waals surface area contributed by atoms with Gasteiger partial charge in [-0.05, 0) is 12.1 Å². The molecule has 0 aliphatic rings. The van der Waals surface area contributed by atoms with Crippen molar-refractivity contribution in [3.05, 3.63) is 30.3 Å². The van der Waals surface area contributed by atoms with Crippen LogP contribution in [0.15, 0.2) is 34.7 Å². The number of anilines is 1. The summed E-state index contributed by atoms with van der Waals surface area (Å²) < 4.78 is 9.69. The average molecular weight is 217 g/mol. The largest absolute Gasteiger partial charge is 0.453 e. The number of hydrogen-bond acceptors (Lipinski definition) is 5. The fourth-order valence-corrected chi connectivity index (χ4v) is 1.87. The number of furan rings is 1. The molecule has 0 atom stereocenters. The summed E-state index contributed by atoms with van der Waals surface area (Å²) >= 11 is 1.17. The van der Waals surface area contributed by atoms with E-state index in [9.17, 15) is 0 Å². The molecule has 74 valence electrons. The number of aromatic nitrogens is 2. The number of hydrogen-bond donors (Lipinski definition) is 1. The number of fused-ring (bicyclic) bond motifs is 1. The minimum atomic E-state index is 0.449. The maximum absolute atomic E-state index is 5.59. The van der Waals surface area contributed by atoms with E-state index >= 15 is 0 Å². The molecule has 0 spiro atoms. The molecule has 0 aliphatic carbocycles. The maximum atomic E-state index is 5.59. The van der Waals surface area contributed by atoms with E-state index in [1.165, 1.54) is 11.5 Å². The molecule has 2 heterocycles. The second-order valence-corrected chi connectivity index (χ2v) is 3.89. The Hall–Kier alpha value is -1.88. The van der Waals surface area contributed by atoms with Gasteiger partial charge < -0.3 is 10.2 Å². The Morgan fingerprint density at radius 3 is 2.87 bits per heavy atom. The van der Waals surface area contributed by atoms with Gasteiger partial charge in [-0.2, -0.15) is 9.36 Å². The fraction of sp³-hybridized carbons (Fsp3) is 0. The molecule has 0 fully saturated rings. The summed E-state index contributed by atoms with van der Waals surface area (Å²) in [4.78, 5) is 4.07. The first kappa shape index (κ1) is 8.43. The number of benzene rings is 1. The molecule has 2 aromatic heterocycles. The highest BCUT2D eigenvalue weighted by atomic mass is 32.1. The van der Waals surface area contributed by atoms with Crippen LogP contribution in [0.2, 0.25) is 0 Å². The van der Waals surface area contributed by atoms with Gasteiger partial charge in [0.25, 0.3) is 0 Å². The topological polar surface area (TPSA) is 64.9 Å². The number of nitrogens with zero attached hydrogens (tertiary/aromatic N) is 2. The molecule has 0 bridgehead atoms. The quantitative estimate of drug-likeness (QED) is 0.680. The molecule has 0 unspecified atom stereocenters. The van der Waals surface area contributed by atoms with E-state index in [0.29, 0.717) is 16.7 Å². The van der Waals surface area contributed by atoms with Crippen LogP contribution in [-0.4, -0.2) is 9.36 Å². The Kier molecular flexibility index (Phi) is 1.72. The second kappa shape index (κ2) is 3.06. The van der Waals surface area contributed by atoms with Crippen LogP contribution < -0.4 is 5.73 Å². The summed E-state index contributed by atoms with van der Waals surface area (Å²) in [6.45, 7) is 0. The summed E-state index contributed by atoms with van der Waals surface area (Å²) in [5.41, 5.74) is 6.35. The molecule has 3 rings (SSSR count). The third-order valence-electron chi connectivity index (χ3n) is 2.09. The maximum Gasteiger partial charge on any atom is 0.210 e. The van der Waals surface area contributed by atoms with E-state index in [2.05, 4.69) is 9.36 Å². The molecule has 2 N–H and O–H groups in total. The second-order valence-electron chi connectivity index (χ2n) is 3.10. The van der Waals surface area contributed by atoms with E-state index in [-0.39, 0.29) is 0 Å². The van der Waals surface area contributed by atoms with Crippen molar-refractivity contribution in [1.82, 2.24) is 9.36 Å². The summed E-state index contributed by atoms with van der Waals surface area (Å²) in [5, 5.41) is 1.49. The summed E-state index contributed by atoms with van der Waals surface area (Å²) in [7, 11) is 0. The number of para-hydroxylation sites is 1. The standard InChI is InChI=1S/C10H7N3OS/c11-10-12-9(13-15-10)8-5-6-3-1-2-4-7(6)14-8/h1-5H,(H2,11,12,13). The molecule has 4 nitrogen and oxygen atoms in total. The fourth-order valence-electron chi connectivity index (χ4n) is 1.43. The monoisotopic (exact) mass is 217 g/mol. The van der Waals surface area contributed by atoms with Gasteiger partial charge in [0.05, 0.1) is 0 Å². The molecule has 0 amide bonds. The summed E-state index contributed by atoms with van der Waals surface area (Å²) in [5.74, 6) is 1.21. The van der Waals surface area contributed by atoms with E-state index < -0.39 is 0 Å². The van der Waals surface area contributed by atoms with E-state index in [4.69, 9.17) is 10.2 Å². The first-order valence-electron chi connectivity index (χ1n) is 4.41. The van der Waals surface area contributed by atoms with Gasteiger partial charge in [-0.3, -0.25) is 0 Å². The van der Waals surface area contributed by atoms with Gasteiger partial charge >= 0.3 is 0 Å². The summed E-state index contributed by atoms with van der Waals surface area (Å²) in [6, 6.07) is 9.70. The highest BCUT2D eigenvalue weighted by molar-refractivity contribution is 7.09. The first-order valence-corrected chi connectivity index (χ1v) is 5.18. The normalized spacial score (nSPS) is 10.9. The Morgan fingerprint density at radius 2 is 2.13 bits per heavy atom. The Morgan fingerprint density at radius 1 is 1.27 bits per heavy atom. The van der Waals surface area contributed by atoms with Gasteiger partial charge in [-0.25, -0.2) is 0 Å². The van der Waals surface area contributed by atoms with Gasteiger partial charge in [0.1, 0.15) is 5.58 Å². The molecule has 1 aromatic carbocycles. The van der Waals surface area contributed by atoms with E-state index in [0.717, 1.165) is 11.0 Å². The zero-order valence-corrected chi connectivity index (χ0v) is 8.49. The van der Waals surface area contributed by atoms with E-state index in [1.54, 1.807) is 0 Å². The lowest BCUT2D eigenvalue weighted by atomic mass is 10.2. The van der Waals surface area contributed by atoms with Crippen LogP contribution >= 0.6 is 11.5 Å². The molecule has 0 radical (unpaired) electrons. The van der Waals surface area contributed by atoms with Crippen LogP contribution in [-0.2, 0) is 0 Å². The molecular formula is C10H7N3OS. The van der Waals surface area contributed by atoms with Crippen LogP contribution in [0, 0.1) is 0 Å². The third-order valence-corrected chi connectivity index (χ3v) is 2.63. The van der Waals surface area contributed by atoms with Crippen molar-refractivity contribution >= 4 is 27.6 Å². The predicted octanol–water partition coefficient (Wildman–Crippen LogP) is 2.53. The molecule has 5 heteroatoms. The highest BCUT2D eigenvalue weighted by Gasteiger charge is 2.09. The van der Waals surface area contributed by atoms with Crippen LogP contribution in [0.1, 0.15) is 0 Å². The predicted molar refractivity (Wildman–Crippen MR) is 59.5 cm³/mol. The van der Waals surface area contributed by atoms with E-state index in [1.807, 2.05) is 30.3 Å². The minimum absolute atomic E-state index is 0.449. The van der Waals surface area contributed by atoms with Crippen molar-refractivity contribution in [3.8, 4) is 11.6 Å². The average Bonchev–Trinajstić information content (AvgIpc) is 2.82. The molecule has 3 aromatic rings. The van der Waals surface area contributed by atoms with Gasteiger partial charge in [0.2, 0.25) is 5.82 Å². The molecule has 0 saturated heterocycles. The lowest BCUT2D eigenvalue weighted by Crippen LogP contribution is -1.81. The van der Waals surface area contributed by atoms with Gasteiger partial charge in [-0.15, -0.1) is 0 Å². The zero-order chi connectivity index (χ0) is 10.3. The Bertz CT molecular complexity index is 581. The van der Waals surface area contributed by atoms with Crippen molar-refractivity contribution in [3.63, 3.8) is 0 Å². The van der Waals surface area contributed by atoms with Crippen molar-refractivity contribution in [2.45, 2.75) is 0 Å². The van der Waals surface area contributed by atoms with Gasteiger partial charge in [0.15, 0.2) is 10.9 Å². The number of rotatable bonds is 1. The van der Waals surface area contributed by atoms with Crippen molar-refractivity contribution in [1.29, 1.82) is 0 Å². The smallest absolute Gasteiger partial charge is 0.210 e. The molecule has 15 heavy (non-hydrogen) atoms. The SMILES string of the molecule is Nc1nc(-c2cc3ccccc3o2)ns1. The van der Waals surface area contributed by atoms with Gasteiger partial charge in [-0.1, -0.05) is 18.2 Å². The number of nitrogens with two attached hydrogens (primary N) is 1. The highest BCUT2D eigenvalue weighted by Crippen LogP contribution is 2.26. The van der Waals surface area contributed by atoms with Crippen LogP contribution in [0.3, 0.4) is 0 Å². The van der Waals surface area contributed by atoms with Crippen molar-refractivity contribution in [2.75, 3.05) is 5.73 Å². The van der Waals surface area contributed by atoms with Crippen LogP contribution in [0.5, 0.6) is 0 Å². The lowest BCUT2D eigenvalue weighted by Gasteiger charge is -1.85. The number of nitrogen functional groups attached to an aromatic ring is 1. The van der Waals surface area contributed by atoms with Gasteiger partial charge in [0, 0.05) is 16.9 Å². The Balaban J connectivity index is 2.19. The molecule has 0 saturated carbocycles. The van der Waals surface area contributed by atoms with Crippen LogP contribution in [0.25, 0.3) is 22.6 Å². The third kappa shape index (κ3) is 1.37.